The van der Waals surface area contributed by atoms with Crippen LogP contribution in [0.15, 0.2) is 88.2 Å². The van der Waals surface area contributed by atoms with Gasteiger partial charge in [-0.05, 0) is 49.2 Å². The van der Waals surface area contributed by atoms with Gasteiger partial charge in [0.05, 0.1) is 10.6 Å². The molecule has 1 amide bonds. The minimum Gasteiger partial charge on any atom is -0.354 e. The van der Waals surface area contributed by atoms with E-state index in [-0.39, 0.29) is 17.3 Å². The van der Waals surface area contributed by atoms with Crippen molar-refractivity contribution in [2.75, 3.05) is 17.4 Å². The van der Waals surface area contributed by atoms with Crippen molar-refractivity contribution in [2.24, 2.45) is 0 Å². The normalized spacial score (nSPS) is 11.1. The summed E-state index contributed by atoms with van der Waals surface area (Å²) < 4.78 is 28.5. The Morgan fingerprint density at radius 1 is 0.967 bits per heavy atom. The molecular formula is C23H23BrN2O3S. The fourth-order valence-corrected chi connectivity index (χ4v) is 4.76. The van der Waals surface area contributed by atoms with Crippen LogP contribution in [0.1, 0.15) is 11.1 Å². The lowest BCUT2D eigenvalue weighted by Gasteiger charge is -2.24. The SMILES string of the molecule is Cc1ccc(S(=O)(=O)N(CC(=O)NCCc2ccccc2)c2cccc(Br)c2)cc1. The van der Waals surface area contributed by atoms with Crippen LogP contribution in [0, 0.1) is 6.92 Å². The van der Waals surface area contributed by atoms with Crippen LogP contribution in [-0.4, -0.2) is 27.4 Å². The average Bonchev–Trinajstić information content (AvgIpc) is 2.73. The van der Waals surface area contributed by atoms with Crippen molar-refractivity contribution in [1.29, 1.82) is 0 Å². The zero-order valence-electron chi connectivity index (χ0n) is 16.6. The van der Waals surface area contributed by atoms with Gasteiger partial charge in [-0.25, -0.2) is 8.42 Å². The third kappa shape index (κ3) is 5.70. The number of amides is 1. The first-order chi connectivity index (χ1) is 14.4. The maximum atomic E-state index is 13.3. The number of nitrogens with zero attached hydrogens (tertiary/aromatic N) is 1. The van der Waals surface area contributed by atoms with Crippen LogP contribution in [0.5, 0.6) is 0 Å². The summed E-state index contributed by atoms with van der Waals surface area (Å²) in [5, 5.41) is 2.82. The number of nitrogens with one attached hydrogen (secondary N) is 1. The number of aryl methyl sites for hydroxylation is 1. The maximum absolute atomic E-state index is 13.3. The van der Waals surface area contributed by atoms with Crippen molar-refractivity contribution in [1.82, 2.24) is 5.32 Å². The molecule has 156 valence electrons. The molecule has 0 aromatic heterocycles. The second kappa shape index (κ2) is 9.91. The van der Waals surface area contributed by atoms with Crippen molar-refractivity contribution in [3.8, 4) is 0 Å². The first kappa shape index (κ1) is 22.1. The topological polar surface area (TPSA) is 66.5 Å². The summed E-state index contributed by atoms with van der Waals surface area (Å²) in [6.07, 6.45) is 0.675. The van der Waals surface area contributed by atoms with Crippen LogP contribution >= 0.6 is 15.9 Å². The van der Waals surface area contributed by atoms with Crippen LogP contribution in [0.25, 0.3) is 0 Å². The van der Waals surface area contributed by atoms with E-state index in [0.717, 1.165) is 19.9 Å². The van der Waals surface area contributed by atoms with E-state index in [1.165, 1.54) is 0 Å². The summed E-state index contributed by atoms with van der Waals surface area (Å²) >= 11 is 3.37. The van der Waals surface area contributed by atoms with Crippen LogP contribution in [-0.2, 0) is 21.2 Å². The number of carbonyl (C=O) groups is 1. The molecule has 0 aliphatic rings. The molecule has 0 aliphatic heterocycles. The first-order valence-electron chi connectivity index (χ1n) is 9.52. The van der Waals surface area contributed by atoms with Crippen molar-refractivity contribution >= 4 is 37.5 Å². The molecule has 0 spiro atoms. The Morgan fingerprint density at radius 3 is 2.33 bits per heavy atom. The summed E-state index contributed by atoms with van der Waals surface area (Å²) in [6, 6.07) is 23.3. The molecule has 5 nitrogen and oxygen atoms in total. The van der Waals surface area contributed by atoms with Gasteiger partial charge in [0.1, 0.15) is 6.54 Å². The van der Waals surface area contributed by atoms with Crippen LogP contribution in [0.4, 0.5) is 5.69 Å². The maximum Gasteiger partial charge on any atom is 0.264 e. The van der Waals surface area contributed by atoms with Gasteiger partial charge >= 0.3 is 0 Å². The Morgan fingerprint density at radius 2 is 1.67 bits per heavy atom. The number of sulfonamides is 1. The van der Waals surface area contributed by atoms with E-state index in [0.29, 0.717) is 18.7 Å². The summed E-state index contributed by atoms with van der Waals surface area (Å²) in [6.45, 7) is 2.02. The Kier molecular flexibility index (Phi) is 7.29. The van der Waals surface area contributed by atoms with Gasteiger partial charge in [-0.1, -0.05) is 70.0 Å². The van der Waals surface area contributed by atoms with Crippen molar-refractivity contribution < 1.29 is 13.2 Å². The zero-order chi connectivity index (χ0) is 21.6. The molecule has 3 aromatic carbocycles. The fraction of sp³-hybridized carbons (Fsp3) is 0.174. The second-order valence-corrected chi connectivity index (χ2v) is 9.67. The molecule has 3 rings (SSSR count). The molecule has 30 heavy (non-hydrogen) atoms. The van der Waals surface area contributed by atoms with E-state index in [2.05, 4.69) is 21.2 Å². The summed E-state index contributed by atoms with van der Waals surface area (Å²) in [4.78, 5) is 12.7. The van der Waals surface area contributed by atoms with Gasteiger partial charge in [0, 0.05) is 11.0 Å². The van der Waals surface area contributed by atoms with E-state index < -0.39 is 10.0 Å². The molecule has 0 bridgehead atoms. The Bertz CT molecular complexity index is 1100. The lowest BCUT2D eigenvalue weighted by atomic mass is 10.1. The van der Waals surface area contributed by atoms with Gasteiger partial charge in [-0.3, -0.25) is 9.10 Å². The van der Waals surface area contributed by atoms with Gasteiger partial charge in [0.15, 0.2) is 0 Å². The predicted molar refractivity (Wildman–Crippen MR) is 123 cm³/mol. The van der Waals surface area contributed by atoms with E-state index >= 15 is 0 Å². The third-order valence-electron chi connectivity index (χ3n) is 4.57. The molecule has 0 saturated heterocycles. The minimum atomic E-state index is -3.91. The molecule has 1 N–H and O–H groups in total. The molecule has 0 fully saturated rings. The number of anilines is 1. The minimum absolute atomic E-state index is 0.144. The highest BCUT2D eigenvalue weighted by atomic mass is 79.9. The summed E-state index contributed by atoms with van der Waals surface area (Å²) in [5.74, 6) is -0.360. The highest BCUT2D eigenvalue weighted by molar-refractivity contribution is 9.10. The lowest BCUT2D eigenvalue weighted by molar-refractivity contribution is -0.119. The van der Waals surface area contributed by atoms with Gasteiger partial charge < -0.3 is 5.32 Å². The number of hydrogen-bond acceptors (Lipinski definition) is 3. The van der Waals surface area contributed by atoms with Gasteiger partial charge in [-0.15, -0.1) is 0 Å². The molecule has 3 aromatic rings. The Labute approximate surface area is 185 Å². The van der Waals surface area contributed by atoms with Crippen LogP contribution in [0.3, 0.4) is 0 Å². The van der Waals surface area contributed by atoms with Crippen LogP contribution < -0.4 is 9.62 Å². The van der Waals surface area contributed by atoms with Crippen LogP contribution in [0.2, 0.25) is 0 Å². The molecular weight excluding hydrogens is 464 g/mol. The van der Waals surface area contributed by atoms with E-state index in [9.17, 15) is 13.2 Å². The molecule has 0 heterocycles. The summed E-state index contributed by atoms with van der Waals surface area (Å²) in [7, 11) is -3.91. The first-order valence-corrected chi connectivity index (χ1v) is 11.8. The molecule has 0 saturated carbocycles. The zero-order valence-corrected chi connectivity index (χ0v) is 19.0. The van der Waals surface area contributed by atoms with Gasteiger partial charge in [-0.2, -0.15) is 0 Å². The number of benzene rings is 3. The van der Waals surface area contributed by atoms with Crippen molar-refractivity contribution in [2.45, 2.75) is 18.2 Å². The quantitative estimate of drug-likeness (QED) is 0.515. The smallest absolute Gasteiger partial charge is 0.264 e. The Hall–Kier alpha value is -2.64. The molecule has 0 unspecified atom stereocenters. The van der Waals surface area contributed by atoms with E-state index in [1.54, 1.807) is 48.5 Å². The largest absolute Gasteiger partial charge is 0.354 e. The summed E-state index contributed by atoms with van der Waals surface area (Å²) in [5.41, 5.74) is 2.48. The van der Waals surface area contributed by atoms with Crippen molar-refractivity contribution in [3.63, 3.8) is 0 Å². The van der Waals surface area contributed by atoms with Gasteiger partial charge in [0.25, 0.3) is 10.0 Å². The van der Waals surface area contributed by atoms with E-state index in [4.69, 9.17) is 0 Å². The highest BCUT2D eigenvalue weighted by Crippen LogP contribution is 2.26. The van der Waals surface area contributed by atoms with Crippen molar-refractivity contribution in [3.05, 3.63) is 94.5 Å². The number of carbonyl (C=O) groups excluding carboxylic acids is 1. The monoisotopic (exact) mass is 486 g/mol. The van der Waals surface area contributed by atoms with E-state index in [1.807, 2.05) is 37.3 Å². The fourth-order valence-electron chi connectivity index (χ4n) is 2.96. The average molecular weight is 487 g/mol. The molecule has 0 atom stereocenters. The number of rotatable bonds is 8. The Balaban J connectivity index is 1.79. The second-order valence-electron chi connectivity index (χ2n) is 6.89. The number of hydrogen-bond donors (Lipinski definition) is 1. The predicted octanol–water partition coefficient (Wildman–Crippen LogP) is 4.31. The third-order valence-corrected chi connectivity index (χ3v) is 6.85. The highest BCUT2D eigenvalue weighted by Gasteiger charge is 2.27. The lowest BCUT2D eigenvalue weighted by Crippen LogP contribution is -2.41. The number of halogens is 1. The molecule has 7 heteroatoms. The van der Waals surface area contributed by atoms with Gasteiger partial charge in [0.2, 0.25) is 5.91 Å². The molecule has 0 radical (unpaired) electrons. The molecule has 0 aliphatic carbocycles. The standard InChI is InChI=1S/C23H23BrN2O3S/c1-18-10-12-22(13-11-18)30(28,29)26(21-9-5-8-20(24)16-21)17-23(27)25-15-14-19-6-3-2-4-7-19/h2-13,16H,14-15,17H2,1H3,(H,25,27).